The largest absolute Gasteiger partial charge is 0.472 e. The van der Waals surface area contributed by atoms with Gasteiger partial charge in [-0.1, -0.05) is 90.4 Å². The van der Waals surface area contributed by atoms with Gasteiger partial charge >= 0.3 is 13.8 Å². The first-order valence-electron chi connectivity index (χ1n) is 15.2. The normalized spacial score (nSPS) is 17.4. The van der Waals surface area contributed by atoms with Gasteiger partial charge in [0, 0.05) is 26.4 Å². The highest BCUT2D eigenvalue weighted by molar-refractivity contribution is 7.47. The van der Waals surface area contributed by atoms with Gasteiger partial charge in [-0.05, 0) is 6.42 Å². The maximum Gasteiger partial charge on any atom is 0.472 e. The van der Waals surface area contributed by atoms with E-state index in [0.717, 1.165) is 30.5 Å². The summed E-state index contributed by atoms with van der Waals surface area (Å²) in [4.78, 5) is 21.4. The lowest BCUT2D eigenvalue weighted by Gasteiger charge is -2.28. The third-order valence-electron chi connectivity index (χ3n) is 7.11. The van der Waals surface area contributed by atoms with Crippen LogP contribution in [0.4, 0.5) is 0 Å². The Balaban J connectivity index is 2.03. The molecule has 1 fully saturated rings. The number of nitrogens with zero attached hydrogens (tertiary/aromatic N) is 1. The lowest BCUT2D eigenvalue weighted by Crippen LogP contribution is -2.53. The lowest BCUT2D eigenvalue weighted by molar-refractivity contribution is -0.941. The number of phosphoric acid groups is 1. The van der Waals surface area contributed by atoms with Crippen LogP contribution in [0.2, 0.25) is 0 Å². The molecule has 1 saturated heterocycles. The molecule has 226 valence electrons. The Morgan fingerprint density at radius 3 is 1.89 bits per heavy atom. The molecule has 0 aromatic heterocycles. The number of quaternary nitrogens is 1. The summed E-state index contributed by atoms with van der Waals surface area (Å²) < 4.78 is 33.9. The third kappa shape index (κ3) is 20.4. The molecule has 38 heavy (non-hydrogen) atoms. The summed E-state index contributed by atoms with van der Waals surface area (Å²) in [6.07, 6.45) is 19.8. The standard InChI is InChI=1S/C28H57N2O7P/c1-4-5-6-7-8-9-10-11-12-13-14-15-16-19-23-34-25-28(37-27(2)31)26-36-38(32,33)35-24-20-29-30(3)21-17-18-22-30/h28-29H,4-26H2,1-3H3/p+1/t28-/m0/s1. The number of esters is 1. The predicted molar refractivity (Wildman–Crippen MR) is 152 cm³/mol. The molecule has 0 saturated carbocycles. The lowest BCUT2D eigenvalue weighted by atomic mass is 10.0. The van der Waals surface area contributed by atoms with E-state index >= 15 is 0 Å². The number of carbonyl (C=O) groups is 1. The van der Waals surface area contributed by atoms with Gasteiger partial charge in [0.1, 0.15) is 6.10 Å². The van der Waals surface area contributed by atoms with E-state index in [-0.39, 0.29) is 19.8 Å². The van der Waals surface area contributed by atoms with Crippen molar-refractivity contribution in [1.82, 2.24) is 5.43 Å². The molecule has 0 aliphatic carbocycles. The number of unbranched alkanes of at least 4 members (excludes halogenated alkanes) is 13. The van der Waals surface area contributed by atoms with Crippen LogP contribution >= 0.6 is 7.82 Å². The van der Waals surface area contributed by atoms with E-state index in [4.69, 9.17) is 18.5 Å². The molecule has 2 N–H and O–H groups in total. The fourth-order valence-electron chi connectivity index (χ4n) is 4.85. The number of nitrogens with one attached hydrogen (secondary N) is 1. The molecule has 1 unspecified atom stereocenters. The van der Waals surface area contributed by atoms with Crippen molar-refractivity contribution < 1.29 is 37.4 Å². The topological polar surface area (TPSA) is 103 Å². The van der Waals surface area contributed by atoms with Crippen molar-refractivity contribution in [3.63, 3.8) is 0 Å². The van der Waals surface area contributed by atoms with E-state index in [9.17, 15) is 14.3 Å². The first-order chi connectivity index (χ1) is 18.3. The molecule has 1 aliphatic rings. The molecule has 0 radical (unpaired) electrons. The molecule has 9 nitrogen and oxygen atoms in total. The molecular weight excluding hydrogens is 507 g/mol. The summed E-state index contributed by atoms with van der Waals surface area (Å²) in [5.74, 6) is -0.487. The Morgan fingerprint density at radius 1 is 0.842 bits per heavy atom. The van der Waals surface area contributed by atoms with Gasteiger partial charge < -0.3 is 14.4 Å². The van der Waals surface area contributed by atoms with Crippen LogP contribution < -0.4 is 5.43 Å². The summed E-state index contributed by atoms with van der Waals surface area (Å²) in [7, 11) is -2.14. The predicted octanol–water partition coefficient (Wildman–Crippen LogP) is 6.29. The van der Waals surface area contributed by atoms with Crippen molar-refractivity contribution in [2.45, 2.75) is 123 Å². The molecule has 10 heteroatoms. The maximum absolute atomic E-state index is 12.2. The molecule has 1 heterocycles. The van der Waals surface area contributed by atoms with Gasteiger partial charge in [-0.2, -0.15) is 5.43 Å². The van der Waals surface area contributed by atoms with Gasteiger partial charge in [-0.3, -0.25) is 13.8 Å². The van der Waals surface area contributed by atoms with Crippen molar-refractivity contribution in [3.05, 3.63) is 0 Å². The Kier molecular flexibility index (Phi) is 20.7. The van der Waals surface area contributed by atoms with Crippen molar-refractivity contribution >= 4 is 13.8 Å². The Hall–Kier alpha value is -0.540. The minimum Gasteiger partial charge on any atom is -0.458 e. The minimum atomic E-state index is -4.24. The second-order valence-electron chi connectivity index (χ2n) is 11.0. The Labute approximate surface area is 232 Å². The van der Waals surface area contributed by atoms with Crippen molar-refractivity contribution in [2.24, 2.45) is 0 Å². The van der Waals surface area contributed by atoms with Gasteiger partial charge in [0.2, 0.25) is 0 Å². The van der Waals surface area contributed by atoms with Crippen LogP contribution in [-0.4, -0.2) is 74.7 Å². The molecule has 0 aromatic carbocycles. The van der Waals surface area contributed by atoms with E-state index in [1.807, 2.05) is 0 Å². The van der Waals surface area contributed by atoms with Crippen LogP contribution in [0.25, 0.3) is 0 Å². The number of hydrogen-bond acceptors (Lipinski definition) is 7. The maximum atomic E-state index is 12.2. The Bertz CT molecular complexity index is 632. The van der Waals surface area contributed by atoms with E-state index in [2.05, 4.69) is 19.4 Å². The van der Waals surface area contributed by atoms with Gasteiger partial charge in [0.25, 0.3) is 0 Å². The molecular formula is C28H58N2O7P+. The fourth-order valence-corrected chi connectivity index (χ4v) is 5.60. The highest BCUT2D eigenvalue weighted by Gasteiger charge is 2.28. The van der Waals surface area contributed by atoms with Crippen molar-refractivity contribution in [1.29, 1.82) is 0 Å². The van der Waals surface area contributed by atoms with Gasteiger partial charge in [0.15, 0.2) is 0 Å². The summed E-state index contributed by atoms with van der Waals surface area (Å²) in [6, 6.07) is 0. The second kappa shape index (κ2) is 22.2. The zero-order valence-electron chi connectivity index (χ0n) is 24.6. The molecule has 0 bridgehead atoms. The van der Waals surface area contributed by atoms with E-state index in [1.165, 1.54) is 96.8 Å². The SMILES string of the molecule is CCCCCCCCCCCCCCCCOC[C@@H](COP(=O)(O)OCCN[N+]1(C)CCCC1)OC(C)=O. The second-order valence-corrected chi connectivity index (χ2v) is 12.4. The third-order valence-corrected chi connectivity index (χ3v) is 8.09. The first-order valence-corrected chi connectivity index (χ1v) is 16.7. The smallest absolute Gasteiger partial charge is 0.458 e. The van der Waals surface area contributed by atoms with Crippen LogP contribution in [0.3, 0.4) is 0 Å². The molecule has 1 aliphatic heterocycles. The van der Waals surface area contributed by atoms with Crippen LogP contribution in [0, 0.1) is 0 Å². The molecule has 0 aromatic rings. The fraction of sp³-hybridized carbons (Fsp3) is 0.964. The van der Waals surface area contributed by atoms with Gasteiger partial charge in [0.05, 0.1) is 46.5 Å². The highest BCUT2D eigenvalue weighted by atomic mass is 31.2. The van der Waals surface area contributed by atoms with Gasteiger partial charge in [-0.25, -0.2) is 9.16 Å². The molecule has 0 spiro atoms. The molecule has 0 amide bonds. The van der Waals surface area contributed by atoms with Crippen molar-refractivity contribution in [2.75, 3.05) is 53.1 Å². The monoisotopic (exact) mass is 565 g/mol. The van der Waals surface area contributed by atoms with Crippen LogP contribution in [0.15, 0.2) is 0 Å². The van der Waals surface area contributed by atoms with E-state index in [1.54, 1.807) is 0 Å². The number of ether oxygens (including phenoxy) is 2. The van der Waals surface area contributed by atoms with Crippen LogP contribution in [-0.2, 0) is 27.9 Å². The van der Waals surface area contributed by atoms with E-state index in [0.29, 0.717) is 13.2 Å². The number of hydrogen-bond donors (Lipinski definition) is 2. The Morgan fingerprint density at radius 2 is 1.37 bits per heavy atom. The summed E-state index contributed by atoms with van der Waals surface area (Å²) >= 11 is 0. The zero-order chi connectivity index (χ0) is 28.0. The average molecular weight is 566 g/mol. The van der Waals surface area contributed by atoms with Gasteiger partial charge in [-0.15, -0.1) is 0 Å². The molecule has 2 atom stereocenters. The van der Waals surface area contributed by atoms with Crippen LogP contribution in [0.1, 0.15) is 117 Å². The molecule has 1 rings (SSSR count). The van der Waals surface area contributed by atoms with Crippen molar-refractivity contribution in [3.8, 4) is 0 Å². The number of likely N-dealkylation sites (tertiary alicyclic amines) is 1. The number of phosphoric ester groups is 1. The van der Waals surface area contributed by atoms with Crippen LogP contribution in [0.5, 0.6) is 0 Å². The summed E-state index contributed by atoms with van der Waals surface area (Å²) in [5.41, 5.74) is 3.33. The minimum absolute atomic E-state index is 0.0511. The number of carbonyl (C=O) groups excluding carboxylic acids is 1. The van der Waals surface area contributed by atoms with E-state index < -0.39 is 19.9 Å². The highest BCUT2D eigenvalue weighted by Crippen LogP contribution is 2.43. The summed E-state index contributed by atoms with van der Waals surface area (Å²) in [6.45, 7) is 6.55. The quantitative estimate of drug-likeness (QED) is 0.0546. The summed E-state index contributed by atoms with van der Waals surface area (Å²) in [5, 5.41) is 0. The number of rotatable bonds is 26. The zero-order valence-corrected chi connectivity index (χ0v) is 25.5. The average Bonchev–Trinajstić information content (AvgIpc) is 3.31. The first kappa shape index (κ1) is 35.5.